The number of hydrogen-bond donors (Lipinski definition) is 0. The third-order valence-electron chi connectivity index (χ3n) is 1.12. The van der Waals surface area contributed by atoms with Crippen molar-refractivity contribution in [2.24, 2.45) is 25.9 Å². The molecule has 0 aromatic carbocycles. The summed E-state index contributed by atoms with van der Waals surface area (Å²) in [5, 5.41) is 17.4. The van der Waals surface area contributed by atoms with E-state index in [-0.39, 0.29) is 0 Å². The predicted molar refractivity (Wildman–Crippen MR) is 36.9 cm³/mol. The molecule has 0 radical (unpaired) electrons. The molecule has 0 spiro atoms. The van der Waals surface area contributed by atoms with E-state index in [4.69, 9.17) is 0 Å². The molecule has 0 amide bonds. The van der Waals surface area contributed by atoms with Gasteiger partial charge in [0, 0.05) is 6.21 Å². The van der Waals surface area contributed by atoms with Crippen LogP contribution in [-0.2, 0) is 0 Å². The van der Waals surface area contributed by atoms with E-state index in [1.165, 1.54) is 0 Å². The fourth-order valence-corrected chi connectivity index (χ4v) is 0.626. The van der Waals surface area contributed by atoms with Crippen molar-refractivity contribution in [2.75, 3.05) is 6.54 Å². The van der Waals surface area contributed by atoms with Crippen molar-refractivity contribution in [2.45, 2.75) is 19.3 Å². The molecule has 0 unspecified atom stereocenters. The van der Waals surface area contributed by atoms with Crippen LogP contribution in [-0.4, -0.2) is 12.8 Å². The lowest BCUT2D eigenvalue weighted by atomic mass is 10.2. The van der Waals surface area contributed by atoms with Crippen molar-refractivity contribution in [3.63, 3.8) is 0 Å². The van der Waals surface area contributed by atoms with E-state index >= 15 is 0 Å². The Hall–Kier alpha value is -1.13. The molecule has 0 saturated carbocycles. The highest BCUT2D eigenvalue weighted by molar-refractivity contribution is 5.56. The van der Waals surface area contributed by atoms with Crippen LogP contribution in [0.5, 0.6) is 0 Å². The topological polar surface area (TPSA) is 61.8 Å². The molecule has 5 heteroatoms. The predicted octanol–water partition coefficient (Wildman–Crippen LogP) is 1.98. The van der Waals surface area contributed by atoms with Crippen LogP contribution in [0.4, 0.5) is 0 Å². The maximum atomic E-state index is 3.72. The summed E-state index contributed by atoms with van der Waals surface area (Å²) < 4.78 is 0. The van der Waals surface area contributed by atoms with Crippen LogP contribution in [0.25, 0.3) is 0 Å². The number of hydrogen-bond acceptors (Lipinski definition) is 5. The Labute approximate surface area is 58.9 Å². The highest BCUT2D eigenvalue weighted by atomic mass is 15.5. The molecule has 0 N–H and O–H groups in total. The van der Waals surface area contributed by atoms with Crippen molar-refractivity contribution in [3.8, 4) is 0 Å². The monoisotopic (exact) mass is 139 g/mol. The minimum Gasteiger partial charge on any atom is -0.167 e. The van der Waals surface area contributed by atoms with Gasteiger partial charge in [-0.15, -0.1) is 5.10 Å². The summed E-state index contributed by atoms with van der Waals surface area (Å²) in [6.45, 7) is 0.743. The lowest BCUT2D eigenvalue weighted by Gasteiger charge is -1.90. The maximum absolute atomic E-state index is 3.72. The lowest BCUT2D eigenvalue weighted by Crippen LogP contribution is -1.82. The van der Waals surface area contributed by atoms with E-state index in [1.807, 2.05) is 0 Å². The molecule has 0 saturated heterocycles. The third-order valence-corrected chi connectivity index (χ3v) is 1.12. The van der Waals surface area contributed by atoms with Crippen LogP contribution in [0.15, 0.2) is 25.9 Å². The summed E-state index contributed by atoms with van der Waals surface area (Å²) >= 11 is 0. The van der Waals surface area contributed by atoms with Crippen molar-refractivity contribution < 1.29 is 0 Å². The molecule has 1 heterocycles. The summed E-state index contributed by atoms with van der Waals surface area (Å²) in [4.78, 5) is 0. The van der Waals surface area contributed by atoms with Crippen LogP contribution in [0.3, 0.4) is 0 Å². The van der Waals surface area contributed by atoms with Gasteiger partial charge in [-0.3, -0.25) is 0 Å². The zero-order valence-electron chi connectivity index (χ0n) is 5.64. The van der Waals surface area contributed by atoms with Crippen LogP contribution in [0.1, 0.15) is 19.3 Å². The van der Waals surface area contributed by atoms with Crippen molar-refractivity contribution in [3.05, 3.63) is 0 Å². The largest absolute Gasteiger partial charge is 0.167 e. The summed E-state index contributed by atoms with van der Waals surface area (Å²) in [6.07, 6.45) is 4.84. The second-order valence-corrected chi connectivity index (χ2v) is 1.93. The Morgan fingerprint density at radius 2 is 2.00 bits per heavy atom. The molecule has 0 fully saturated rings. The zero-order valence-corrected chi connectivity index (χ0v) is 5.64. The Balaban J connectivity index is 2.40. The first-order valence-corrected chi connectivity index (χ1v) is 3.28. The summed E-state index contributed by atoms with van der Waals surface area (Å²) in [7, 11) is 0. The highest BCUT2D eigenvalue weighted by Gasteiger charge is 1.85. The molecule has 10 heavy (non-hydrogen) atoms. The zero-order chi connectivity index (χ0) is 7.07. The first kappa shape index (κ1) is 6.98. The summed E-state index contributed by atoms with van der Waals surface area (Å²) in [5.41, 5.74) is 0. The maximum Gasteiger partial charge on any atom is 0.0621 e. The highest BCUT2D eigenvalue weighted by Crippen LogP contribution is 1.96. The molecule has 0 aromatic heterocycles. The molecule has 1 rings (SSSR count). The molecule has 0 bridgehead atoms. The van der Waals surface area contributed by atoms with Gasteiger partial charge in [0.25, 0.3) is 0 Å². The summed E-state index contributed by atoms with van der Waals surface area (Å²) in [5.74, 6) is 0. The van der Waals surface area contributed by atoms with Gasteiger partial charge in [0.2, 0.25) is 0 Å². The molecule has 0 atom stereocenters. The second-order valence-electron chi connectivity index (χ2n) is 1.93. The van der Waals surface area contributed by atoms with Crippen molar-refractivity contribution in [1.82, 2.24) is 0 Å². The Morgan fingerprint density at radius 1 is 1.00 bits per heavy atom. The molecule has 5 nitrogen and oxygen atoms in total. The molecular formula is C5H9N5. The summed E-state index contributed by atoms with van der Waals surface area (Å²) in [6, 6.07) is 0. The minimum absolute atomic E-state index is 0.743. The molecule has 1 aliphatic rings. The Bertz CT molecular complexity index is 141. The van der Waals surface area contributed by atoms with Crippen LogP contribution < -0.4 is 0 Å². The van der Waals surface area contributed by atoms with Gasteiger partial charge in [0.15, 0.2) is 0 Å². The van der Waals surface area contributed by atoms with Gasteiger partial charge in [0.1, 0.15) is 0 Å². The smallest absolute Gasteiger partial charge is 0.0621 e. The molecule has 0 aromatic rings. The Morgan fingerprint density at radius 3 is 3.00 bits per heavy atom. The minimum atomic E-state index is 0.743. The first-order chi connectivity index (χ1) is 5.00. The van der Waals surface area contributed by atoms with E-state index in [0.29, 0.717) is 0 Å². The van der Waals surface area contributed by atoms with Crippen LogP contribution in [0, 0.1) is 0 Å². The van der Waals surface area contributed by atoms with E-state index < -0.39 is 0 Å². The van der Waals surface area contributed by atoms with E-state index in [1.54, 1.807) is 6.21 Å². The quantitative estimate of drug-likeness (QED) is 0.492. The van der Waals surface area contributed by atoms with Crippen molar-refractivity contribution >= 4 is 6.21 Å². The average molecular weight is 139 g/mol. The van der Waals surface area contributed by atoms with Gasteiger partial charge < -0.3 is 0 Å². The van der Waals surface area contributed by atoms with E-state index in [0.717, 1.165) is 25.8 Å². The van der Waals surface area contributed by atoms with Crippen LogP contribution >= 0.6 is 0 Å². The van der Waals surface area contributed by atoms with E-state index in [9.17, 15) is 0 Å². The third kappa shape index (κ3) is 3.01. The van der Waals surface area contributed by atoms with Crippen LogP contribution in [0.2, 0.25) is 0 Å². The standard InChI is InChI=1S/C5H9N5/c1-2-4-6-8-10-9-7-5-3-1/h4H,1-3,5H2/b6-4-,9-7-,10-8+. The number of nitrogens with zero attached hydrogens (tertiary/aromatic N) is 5. The van der Waals surface area contributed by atoms with Gasteiger partial charge >= 0.3 is 0 Å². The van der Waals surface area contributed by atoms with Crippen molar-refractivity contribution in [1.29, 1.82) is 0 Å². The molecule has 1 aliphatic heterocycles. The normalized spacial score (nSPS) is 28.8. The average Bonchev–Trinajstić information content (AvgIpc) is 2.01. The molecular weight excluding hydrogens is 130 g/mol. The van der Waals surface area contributed by atoms with E-state index in [2.05, 4.69) is 25.9 Å². The fraction of sp³-hybridized carbons (Fsp3) is 0.800. The molecule has 54 valence electrons. The van der Waals surface area contributed by atoms with Gasteiger partial charge in [-0.2, -0.15) is 5.11 Å². The van der Waals surface area contributed by atoms with Gasteiger partial charge in [0.05, 0.1) is 6.54 Å². The Kier molecular flexibility index (Phi) is 3.30. The van der Waals surface area contributed by atoms with Gasteiger partial charge in [-0.1, -0.05) is 0 Å². The lowest BCUT2D eigenvalue weighted by molar-refractivity contribution is 0.720. The van der Waals surface area contributed by atoms with Gasteiger partial charge in [-0.25, -0.2) is 0 Å². The van der Waals surface area contributed by atoms with Gasteiger partial charge in [-0.05, 0) is 34.9 Å². The SMILES string of the molecule is C1=N/N=N/N=N\CCCC\1. The fourth-order valence-electron chi connectivity index (χ4n) is 0.626. The number of rotatable bonds is 0. The second kappa shape index (κ2) is 4.72. The molecule has 0 aliphatic carbocycles. The first-order valence-electron chi connectivity index (χ1n) is 3.28.